The second kappa shape index (κ2) is 8.65. The van der Waals surface area contributed by atoms with E-state index in [0.29, 0.717) is 24.5 Å². The van der Waals surface area contributed by atoms with Gasteiger partial charge in [0.15, 0.2) is 6.10 Å². The Balaban J connectivity index is 1.37. The fourth-order valence-electron chi connectivity index (χ4n) is 3.81. The largest absolute Gasteiger partial charge is 0.508 e. The fourth-order valence-corrected chi connectivity index (χ4v) is 4.81. The Bertz CT molecular complexity index is 1020. The van der Waals surface area contributed by atoms with Crippen molar-refractivity contribution in [2.75, 3.05) is 13.1 Å². The number of oxime groups is 1. The van der Waals surface area contributed by atoms with Gasteiger partial charge in [0.1, 0.15) is 28.7 Å². The summed E-state index contributed by atoms with van der Waals surface area (Å²) in [4.78, 5) is 23.9. The number of ether oxygens (including phenoxy) is 1. The molecule has 1 N–H and O–H groups in total. The van der Waals surface area contributed by atoms with Crippen molar-refractivity contribution in [2.45, 2.75) is 57.7 Å². The quantitative estimate of drug-likeness (QED) is 0.681. The van der Waals surface area contributed by atoms with Crippen LogP contribution in [0.4, 0.5) is 13.6 Å². The lowest BCUT2D eigenvalue weighted by molar-refractivity contribution is 0.0204. The predicted octanol–water partition coefficient (Wildman–Crippen LogP) is 5.11. The van der Waals surface area contributed by atoms with Gasteiger partial charge in [0.2, 0.25) is 0 Å². The maximum absolute atomic E-state index is 14.1. The number of carbonyl (C=O) groups excluding carboxylic acids is 1. The number of hydrogen-bond donors (Lipinski definition) is 1. The number of piperidine rings is 1. The number of hydrogen-bond acceptors (Lipinski definition) is 7. The number of rotatable bonds is 3. The average molecular weight is 466 g/mol. The molecule has 1 atom stereocenters. The van der Waals surface area contributed by atoms with Gasteiger partial charge in [0.05, 0.1) is 16.3 Å². The highest BCUT2D eigenvalue weighted by Crippen LogP contribution is 2.36. The van der Waals surface area contributed by atoms with E-state index in [0.717, 1.165) is 30.0 Å². The van der Waals surface area contributed by atoms with E-state index < -0.39 is 29.1 Å². The molecule has 32 heavy (non-hydrogen) atoms. The summed E-state index contributed by atoms with van der Waals surface area (Å²) in [5.41, 5.74) is 0.371. The van der Waals surface area contributed by atoms with Crippen LogP contribution in [0.2, 0.25) is 0 Å². The molecule has 4 rings (SSSR count). The molecule has 7 nitrogen and oxygen atoms in total. The molecular formula is C22H25F2N3O4S. The zero-order chi connectivity index (χ0) is 23.0. The summed E-state index contributed by atoms with van der Waals surface area (Å²) >= 11 is 1.50. The number of nitrogens with zero attached hydrogens (tertiary/aromatic N) is 3. The number of halogens is 2. The van der Waals surface area contributed by atoms with Crippen LogP contribution < -0.4 is 0 Å². The molecule has 10 heteroatoms. The Morgan fingerprint density at radius 3 is 2.53 bits per heavy atom. The van der Waals surface area contributed by atoms with Gasteiger partial charge >= 0.3 is 6.09 Å². The van der Waals surface area contributed by atoms with Crippen LogP contribution in [0, 0.1) is 11.6 Å². The van der Waals surface area contributed by atoms with Gasteiger partial charge in [0, 0.05) is 42.9 Å². The molecule has 0 radical (unpaired) electrons. The molecule has 2 aliphatic heterocycles. The molecule has 1 fully saturated rings. The number of aromatic hydroxyl groups is 1. The zero-order valence-corrected chi connectivity index (χ0v) is 18.9. The normalized spacial score (nSPS) is 19.6. The smallest absolute Gasteiger partial charge is 0.410 e. The molecule has 3 heterocycles. The number of phenols is 1. The van der Waals surface area contributed by atoms with E-state index in [9.17, 15) is 18.7 Å². The van der Waals surface area contributed by atoms with E-state index in [1.54, 1.807) is 4.90 Å². The summed E-state index contributed by atoms with van der Waals surface area (Å²) in [7, 11) is 0. The first kappa shape index (κ1) is 22.4. The molecule has 0 bridgehead atoms. The Morgan fingerprint density at radius 1 is 1.25 bits per heavy atom. The second-order valence-corrected chi connectivity index (χ2v) is 9.86. The number of carbonyl (C=O) groups is 1. The van der Waals surface area contributed by atoms with Crippen LogP contribution >= 0.6 is 11.3 Å². The maximum Gasteiger partial charge on any atom is 0.410 e. The summed E-state index contributed by atoms with van der Waals surface area (Å²) < 4.78 is 33.7. The molecule has 172 valence electrons. The van der Waals surface area contributed by atoms with Crippen molar-refractivity contribution in [1.82, 2.24) is 9.88 Å². The first-order chi connectivity index (χ1) is 15.1. The average Bonchev–Trinajstić information content (AvgIpc) is 3.36. The van der Waals surface area contributed by atoms with Gasteiger partial charge in [-0.15, -0.1) is 11.3 Å². The Labute approximate surface area is 188 Å². The van der Waals surface area contributed by atoms with E-state index >= 15 is 0 Å². The van der Waals surface area contributed by atoms with E-state index in [1.165, 1.54) is 11.3 Å². The van der Waals surface area contributed by atoms with Crippen LogP contribution in [0.25, 0.3) is 0 Å². The minimum absolute atomic E-state index is 0.179. The van der Waals surface area contributed by atoms with Crippen molar-refractivity contribution in [3.63, 3.8) is 0 Å². The highest BCUT2D eigenvalue weighted by Gasteiger charge is 2.32. The second-order valence-electron chi connectivity index (χ2n) is 8.97. The fraction of sp³-hybridized carbons (Fsp3) is 0.500. The summed E-state index contributed by atoms with van der Waals surface area (Å²) in [6.45, 7) is 6.73. The highest BCUT2D eigenvalue weighted by molar-refractivity contribution is 7.10. The first-order valence-corrected chi connectivity index (χ1v) is 11.3. The molecule has 1 aromatic carbocycles. The molecule has 1 amide bonds. The van der Waals surface area contributed by atoms with Crippen molar-refractivity contribution in [3.05, 3.63) is 45.4 Å². The van der Waals surface area contributed by atoms with Crippen LogP contribution in [0.15, 0.2) is 22.7 Å². The number of benzene rings is 1. The molecule has 2 aromatic rings. The first-order valence-electron chi connectivity index (χ1n) is 10.4. The SMILES string of the molecule is CC(C)(C)OC(=O)N1CCC(c2nc(C3=NOC(c4c(F)cc(O)cc4F)C3)cs2)CC1. The predicted molar refractivity (Wildman–Crippen MR) is 115 cm³/mol. The van der Waals surface area contributed by atoms with Crippen molar-refractivity contribution in [2.24, 2.45) is 5.16 Å². The standard InChI is InChI=1S/C22H25F2N3O4S/c1-22(2,3)30-21(29)27-6-4-12(5-7-27)20-25-17(11-32-20)16-10-18(31-26-16)19-14(23)8-13(28)9-15(19)24/h8-9,11-12,18,28H,4-7,10H2,1-3H3. The Hall–Kier alpha value is -2.75. The number of phenolic OH excluding ortho intramolecular Hbond substituents is 1. The molecule has 1 unspecified atom stereocenters. The Kier molecular flexibility index (Phi) is 6.07. The monoisotopic (exact) mass is 465 g/mol. The van der Waals surface area contributed by atoms with E-state index in [2.05, 4.69) is 10.1 Å². The molecule has 0 saturated carbocycles. The van der Waals surface area contributed by atoms with Crippen molar-refractivity contribution in [3.8, 4) is 5.75 Å². The van der Waals surface area contributed by atoms with E-state index in [1.807, 2.05) is 26.2 Å². The van der Waals surface area contributed by atoms with Crippen LogP contribution in [-0.2, 0) is 9.57 Å². The molecule has 1 aromatic heterocycles. The summed E-state index contributed by atoms with van der Waals surface area (Å²) in [6.07, 6.45) is 0.531. The van der Waals surface area contributed by atoms with Crippen molar-refractivity contribution < 1.29 is 28.3 Å². The van der Waals surface area contributed by atoms with Gasteiger partial charge in [0.25, 0.3) is 0 Å². The molecular weight excluding hydrogens is 440 g/mol. The van der Waals surface area contributed by atoms with Crippen molar-refractivity contribution >= 4 is 23.1 Å². The van der Waals surface area contributed by atoms with Crippen LogP contribution in [0.5, 0.6) is 5.75 Å². The van der Waals surface area contributed by atoms with E-state index in [-0.39, 0.29) is 24.0 Å². The summed E-state index contributed by atoms with van der Waals surface area (Å²) in [5, 5.41) is 16.1. The summed E-state index contributed by atoms with van der Waals surface area (Å²) in [6, 6.07) is 1.70. The number of amides is 1. The number of aromatic nitrogens is 1. The maximum atomic E-state index is 14.1. The van der Waals surface area contributed by atoms with Gasteiger partial charge < -0.3 is 19.6 Å². The topological polar surface area (TPSA) is 84.2 Å². The highest BCUT2D eigenvalue weighted by atomic mass is 32.1. The van der Waals surface area contributed by atoms with Gasteiger partial charge in [-0.1, -0.05) is 5.16 Å². The van der Waals surface area contributed by atoms with Crippen molar-refractivity contribution in [1.29, 1.82) is 0 Å². The van der Waals surface area contributed by atoms with Crippen LogP contribution in [0.3, 0.4) is 0 Å². The minimum Gasteiger partial charge on any atom is -0.508 e. The van der Waals surface area contributed by atoms with Gasteiger partial charge in [-0.05, 0) is 33.6 Å². The summed E-state index contributed by atoms with van der Waals surface area (Å²) in [5.74, 6) is -2.01. The van der Waals surface area contributed by atoms with Gasteiger partial charge in [-0.25, -0.2) is 18.6 Å². The molecule has 2 aliphatic rings. The minimum atomic E-state index is -0.909. The van der Waals surface area contributed by atoms with Crippen LogP contribution in [0.1, 0.15) is 68.3 Å². The third-order valence-corrected chi connectivity index (χ3v) is 6.38. The Morgan fingerprint density at radius 2 is 1.91 bits per heavy atom. The third-order valence-electron chi connectivity index (χ3n) is 5.37. The third kappa shape index (κ3) is 4.85. The lowest BCUT2D eigenvalue weighted by Gasteiger charge is -2.32. The van der Waals surface area contributed by atoms with E-state index in [4.69, 9.17) is 9.57 Å². The van der Waals surface area contributed by atoms with Gasteiger partial charge in [-0.2, -0.15) is 0 Å². The number of likely N-dealkylation sites (tertiary alicyclic amines) is 1. The molecule has 0 spiro atoms. The molecule has 1 saturated heterocycles. The van der Waals surface area contributed by atoms with Gasteiger partial charge in [-0.3, -0.25) is 0 Å². The number of thiazole rings is 1. The zero-order valence-electron chi connectivity index (χ0n) is 18.1. The van der Waals surface area contributed by atoms with Crippen LogP contribution in [-0.4, -0.2) is 45.5 Å². The molecule has 0 aliphatic carbocycles. The lowest BCUT2D eigenvalue weighted by Crippen LogP contribution is -2.41. The lowest BCUT2D eigenvalue weighted by atomic mass is 9.97.